The number of alkyl halides is 3. The van der Waals surface area contributed by atoms with Crippen LogP contribution in [0.5, 0.6) is 0 Å². The third kappa shape index (κ3) is 4.26. The number of nitrogens with one attached hydrogen (secondary N) is 2. The Hall–Kier alpha value is -3.34. The van der Waals surface area contributed by atoms with Crippen LogP contribution in [-0.4, -0.2) is 50.0 Å². The Morgan fingerprint density at radius 1 is 1.16 bits per heavy atom. The number of aromatic carboxylic acids is 1. The van der Waals surface area contributed by atoms with Crippen molar-refractivity contribution in [2.24, 2.45) is 5.92 Å². The van der Waals surface area contributed by atoms with Crippen molar-refractivity contribution in [3.05, 3.63) is 46.4 Å². The first kappa shape index (κ1) is 22.3. The summed E-state index contributed by atoms with van der Waals surface area (Å²) in [4.78, 5) is 39.3. The van der Waals surface area contributed by atoms with Gasteiger partial charge in [-0.25, -0.2) is 4.79 Å². The summed E-state index contributed by atoms with van der Waals surface area (Å²) in [6.45, 7) is 2.26. The molecule has 0 fully saturated rings. The van der Waals surface area contributed by atoms with E-state index in [0.29, 0.717) is 10.8 Å². The van der Waals surface area contributed by atoms with E-state index in [1.807, 2.05) is 0 Å². The van der Waals surface area contributed by atoms with Crippen molar-refractivity contribution in [2.75, 3.05) is 0 Å². The van der Waals surface area contributed by atoms with Gasteiger partial charge in [0.2, 0.25) is 5.91 Å². The lowest BCUT2D eigenvalue weighted by Crippen LogP contribution is -2.53. The van der Waals surface area contributed by atoms with Crippen molar-refractivity contribution in [3.8, 4) is 0 Å². The highest BCUT2D eigenvalue weighted by Gasteiger charge is 2.45. The minimum Gasteiger partial charge on any atom is -0.478 e. The predicted octanol–water partition coefficient (Wildman–Crippen LogP) is 2.24. The average Bonchev–Trinajstić information content (AvgIpc) is 3.06. The number of aromatic amines is 1. The standard InChI is InChI=1S/C20H20F3N3O5/c1-9(2)14(17(28)20(21,22)23)24-13(27)8-26-7-6-11-10-4-3-5-12(19(30)31)15(10)25-16(11)18(26)29/h3-7,9,14,17,25,28H,8H2,1-2H3,(H,24,27)(H,30,31). The molecule has 0 aliphatic carbocycles. The fourth-order valence-electron chi connectivity index (χ4n) is 3.46. The molecule has 0 saturated carbocycles. The van der Waals surface area contributed by atoms with Crippen molar-refractivity contribution in [3.63, 3.8) is 0 Å². The van der Waals surface area contributed by atoms with Gasteiger partial charge in [-0.05, 0) is 18.1 Å². The van der Waals surface area contributed by atoms with Gasteiger partial charge in [0.1, 0.15) is 12.1 Å². The van der Waals surface area contributed by atoms with Gasteiger partial charge in [-0.15, -0.1) is 0 Å². The molecule has 11 heteroatoms. The van der Waals surface area contributed by atoms with Crippen LogP contribution in [-0.2, 0) is 11.3 Å². The van der Waals surface area contributed by atoms with E-state index in [9.17, 15) is 37.8 Å². The second-order valence-electron chi connectivity index (χ2n) is 7.52. The van der Waals surface area contributed by atoms with Crippen molar-refractivity contribution < 1.29 is 33.0 Å². The van der Waals surface area contributed by atoms with Gasteiger partial charge in [0.15, 0.2) is 6.10 Å². The van der Waals surface area contributed by atoms with Gasteiger partial charge in [0.05, 0.1) is 17.1 Å². The number of carboxylic acids is 1. The number of fused-ring (bicyclic) bond motifs is 3. The number of carboxylic acid groups (broad SMARTS) is 1. The summed E-state index contributed by atoms with van der Waals surface area (Å²) in [7, 11) is 0. The molecular weight excluding hydrogens is 419 g/mol. The summed E-state index contributed by atoms with van der Waals surface area (Å²) >= 11 is 0. The number of hydrogen-bond acceptors (Lipinski definition) is 4. The molecule has 3 aromatic rings. The molecule has 1 aromatic carbocycles. The van der Waals surface area contributed by atoms with E-state index in [-0.39, 0.29) is 16.6 Å². The molecule has 166 valence electrons. The van der Waals surface area contributed by atoms with E-state index >= 15 is 0 Å². The summed E-state index contributed by atoms with van der Waals surface area (Å²) in [6.07, 6.45) is -6.36. The van der Waals surface area contributed by atoms with Crippen LogP contribution < -0.4 is 10.9 Å². The summed E-state index contributed by atoms with van der Waals surface area (Å²) < 4.78 is 39.6. The Balaban J connectivity index is 1.93. The smallest absolute Gasteiger partial charge is 0.416 e. The van der Waals surface area contributed by atoms with Gasteiger partial charge in [-0.2, -0.15) is 13.2 Å². The van der Waals surface area contributed by atoms with Gasteiger partial charge in [0.25, 0.3) is 5.56 Å². The lowest BCUT2D eigenvalue weighted by molar-refractivity contribution is -0.215. The number of aliphatic hydroxyl groups is 1. The third-order valence-corrected chi connectivity index (χ3v) is 5.04. The van der Waals surface area contributed by atoms with Gasteiger partial charge < -0.3 is 25.1 Å². The number of hydrogen-bond donors (Lipinski definition) is 4. The molecule has 0 aliphatic heterocycles. The Morgan fingerprint density at radius 3 is 2.39 bits per heavy atom. The molecule has 0 aliphatic rings. The number of amides is 1. The topological polar surface area (TPSA) is 124 Å². The summed E-state index contributed by atoms with van der Waals surface area (Å²) in [5.74, 6) is -2.78. The number of benzene rings is 1. The van der Waals surface area contributed by atoms with Crippen molar-refractivity contribution in [2.45, 2.75) is 38.7 Å². The highest BCUT2D eigenvalue weighted by atomic mass is 19.4. The number of pyridine rings is 1. The summed E-state index contributed by atoms with van der Waals surface area (Å²) in [5.41, 5.74) is -0.358. The number of carbonyl (C=O) groups is 2. The molecule has 0 saturated heterocycles. The van der Waals surface area contributed by atoms with Gasteiger partial charge >= 0.3 is 12.1 Å². The lowest BCUT2D eigenvalue weighted by atomic mass is 9.98. The van der Waals surface area contributed by atoms with Crippen LogP contribution >= 0.6 is 0 Å². The monoisotopic (exact) mass is 439 g/mol. The molecule has 3 rings (SSSR count). The minimum atomic E-state index is -4.91. The summed E-state index contributed by atoms with van der Waals surface area (Å²) in [5, 5.41) is 21.9. The Kier molecular flexibility index (Phi) is 5.81. The van der Waals surface area contributed by atoms with E-state index in [2.05, 4.69) is 10.3 Å². The average molecular weight is 439 g/mol. The molecule has 2 atom stereocenters. The van der Waals surface area contributed by atoms with Gasteiger partial charge in [-0.1, -0.05) is 26.0 Å². The van der Waals surface area contributed by atoms with E-state index in [1.54, 1.807) is 6.07 Å². The zero-order valence-corrected chi connectivity index (χ0v) is 16.5. The highest BCUT2D eigenvalue weighted by Crippen LogP contribution is 2.27. The molecule has 1 amide bonds. The molecular formula is C20H20F3N3O5. The zero-order valence-electron chi connectivity index (χ0n) is 16.5. The van der Waals surface area contributed by atoms with Crippen LogP contribution in [0.25, 0.3) is 21.8 Å². The molecule has 0 spiro atoms. The first-order valence-corrected chi connectivity index (χ1v) is 9.33. The largest absolute Gasteiger partial charge is 0.478 e. The molecule has 2 aromatic heterocycles. The Morgan fingerprint density at radius 2 is 1.81 bits per heavy atom. The number of nitrogens with zero attached hydrogens (tertiary/aromatic N) is 1. The van der Waals surface area contributed by atoms with Gasteiger partial charge in [0, 0.05) is 17.0 Å². The molecule has 0 bridgehead atoms. The van der Waals surface area contributed by atoms with Crippen molar-refractivity contribution >= 4 is 33.7 Å². The van der Waals surface area contributed by atoms with Crippen LogP contribution in [0, 0.1) is 5.92 Å². The summed E-state index contributed by atoms with van der Waals surface area (Å²) in [6, 6.07) is 4.49. The van der Waals surface area contributed by atoms with Crippen LogP contribution in [0.2, 0.25) is 0 Å². The quantitative estimate of drug-likeness (QED) is 0.469. The molecule has 4 N–H and O–H groups in total. The maximum atomic E-state index is 12.9. The molecule has 31 heavy (non-hydrogen) atoms. The molecule has 8 nitrogen and oxygen atoms in total. The van der Waals surface area contributed by atoms with Crippen LogP contribution in [0.1, 0.15) is 24.2 Å². The number of aromatic nitrogens is 2. The van der Waals surface area contributed by atoms with E-state index in [4.69, 9.17) is 0 Å². The number of halogens is 3. The highest BCUT2D eigenvalue weighted by molar-refractivity contribution is 6.13. The second kappa shape index (κ2) is 8.06. The minimum absolute atomic E-state index is 0.0293. The SMILES string of the molecule is CC(C)C(NC(=O)Cn1ccc2c([nH]c3c(C(=O)O)cccc32)c1=O)C(O)C(F)(F)F. The number of rotatable bonds is 6. The number of aliphatic hydroxyl groups excluding tert-OH is 1. The molecule has 0 radical (unpaired) electrons. The third-order valence-electron chi connectivity index (χ3n) is 5.04. The molecule has 2 unspecified atom stereocenters. The first-order valence-electron chi connectivity index (χ1n) is 9.33. The van der Waals surface area contributed by atoms with Crippen LogP contribution in [0.4, 0.5) is 13.2 Å². The number of carbonyl (C=O) groups excluding carboxylic acids is 1. The fourth-order valence-corrected chi connectivity index (χ4v) is 3.46. The lowest BCUT2D eigenvalue weighted by Gasteiger charge is -2.28. The number of H-pyrrole nitrogens is 1. The second-order valence-corrected chi connectivity index (χ2v) is 7.52. The normalized spacial score (nSPS) is 14.2. The van der Waals surface area contributed by atoms with Crippen LogP contribution in [0.3, 0.4) is 0 Å². The van der Waals surface area contributed by atoms with E-state index in [0.717, 1.165) is 4.57 Å². The maximum absolute atomic E-state index is 12.9. The van der Waals surface area contributed by atoms with E-state index < -0.39 is 48.2 Å². The molecule has 2 heterocycles. The Labute approximate surface area is 173 Å². The van der Waals surface area contributed by atoms with Gasteiger partial charge in [-0.3, -0.25) is 9.59 Å². The van der Waals surface area contributed by atoms with Crippen LogP contribution in [0.15, 0.2) is 35.3 Å². The Bertz CT molecular complexity index is 1210. The van der Waals surface area contributed by atoms with Crippen molar-refractivity contribution in [1.29, 1.82) is 0 Å². The fraction of sp³-hybridized carbons (Fsp3) is 0.350. The predicted molar refractivity (Wildman–Crippen MR) is 106 cm³/mol. The van der Waals surface area contributed by atoms with E-state index in [1.165, 1.54) is 38.2 Å². The van der Waals surface area contributed by atoms with Crippen molar-refractivity contribution in [1.82, 2.24) is 14.9 Å². The maximum Gasteiger partial charge on any atom is 0.416 e. The first-order chi connectivity index (χ1) is 14.4. The zero-order chi connectivity index (χ0) is 23.1. The number of para-hydroxylation sites is 1.